The molecule has 1 aromatic heterocycles. The van der Waals surface area contributed by atoms with Crippen LogP contribution >= 0.6 is 11.3 Å². The van der Waals surface area contributed by atoms with Crippen molar-refractivity contribution in [2.75, 3.05) is 32.8 Å². The lowest BCUT2D eigenvalue weighted by molar-refractivity contribution is -0.134. The van der Waals surface area contributed by atoms with Crippen LogP contribution in [0.5, 0.6) is 5.75 Å². The molecule has 0 saturated carbocycles. The number of ether oxygens (including phenoxy) is 1. The highest BCUT2D eigenvalue weighted by Gasteiger charge is 2.22. The Kier molecular flexibility index (Phi) is 6.50. The van der Waals surface area contributed by atoms with E-state index in [0.29, 0.717) is 38.3 Å². The Labute approximate surface area is 164 Å². The van der Waals surface area contributed by atoms with Gasteiger partial charge in [-0.15, -0.1) is 11.3 Å². The average Bonchev–Trinajstić information content (AvgIpc) is 3.03. The van der Waals surface area contributed by atoms with E-state index in [0.717, 1.165) is 16.9 Å². The van der Waals surface area contributed by atoms with Crippen molar-refractivity contribution < 1.29 is 14.3 Å². The van der Waals surface area contributed by atoms with Crippen LogP contribution in [-0.4, -0.2) is 54.4 Å². The summed E-state index contributed by atoms with van der Waals surface area (Å²) in [5, 5.41) is 1.99. The summed E-state index contributed by atoms with van der Waals surface area (Å²) in [4.78, 5) is 29.7. The molecule has 1 aromatic carbocycles. The molecule has 0 spiro atoms. The molecule has 0 unspecified atom stereocenters. The number of rotatable bonds is 5. The Morgan fingerprint density at radius 2 is 1.74 bits per heavy atom. The molecule has 0 aliphatic carbocycles. The van der Waals surface area contributed by atoms with Gasteiger partial charge in [0.2, 0.25) is 5.91 Å². The molecule has 144 valence electrons. The van der Waals surface area contributed by atoms with Gasteiger partial charge in [-0.05, 0) is 55.0 Å². The minimum Gasteiger partial charge on any atom is -0.484 e. The second kappa shape index (κ2) is 9.04. The zero-order valence-corrected chi connectivity index (χ0v) is 16.8. The molecule has 2 amide bonds. The fourth-order valence-corrected chi connectivity index (χ4v) is 3.83. The summed E-state index contributed by atoms with van der Waals surface area (Å²) in [6, 6.07) is 9.79. The van der Waals surface area contributed by atoms with E-state index in [2.05, 4.69) is 0 Å². The van der Waals surface area contributed by atoms with Crippen LogP contribution < -0.4 is 4.74 Å². The van der Waals surface area contributed by atoms with Crippen LogP contribution in [0.2, 0.25) is 0 Å². The van der Waals surface area contributed by atoms with E-state index < -0.39 is 0 Å². The number of aryl methyl sites for hydroxylation is 2. The maximum Gasteiger partial charge on any atom is 0.260 e. The van der Waals surface area contributed by atoms with E-state index >= 15 is 0 Å². The normalized spacial score (nSPS) is 14.7. The zero-order chi connectivity index (χ0) is 19.2. The molecule has 0 bridgehead atoms. The number of benzene rings is 1. The number of carbonyl (C=O) groups is 2. The lowest BCUT2D eigenvalue weighted by Crippen LogP contribution is -2.39. The first kappa shape index (κ1) is 19.4. The number of amides is 2. The summed E-state index contributed by atoms with van der Waals surface area (Å²) in [7, 11) is 0. The van der Waals surface area contributed by atoms with Gasteiger partial charge in [0.15, 0.2) is 6.61 Å². The molecule has 6 heteroatoms. The number of nitrogens with zero attached hydrogens (tertiary/aromatic N) is 2. The van der Waals surface area contributed by atoms with E-state index in [1.54, 1.807) is 16.2 Å². The van der Waals surface area contributed by atoms with Crippen LogP contribution in [0.15, 0.2) is 35.7 Å². The summed E-state index contributed by atoms with van der Waals surface area (Å²) in [5.74, 6) is 0.827. The Hall–Kier alpha value is -2.34. The molecular formula is C21H26N2O3S. The molecular weight excluding hydrogens is 360 g/mol. The summed E-state index contributed by atoms with van der Waals surface area (Å²) in [5.41, 5.74) is 2.35. The monoisotopic (exact) mass is 386 g/mol. The maximum atomic E-state index is 12.5. The number of carbonyl (C=O) groups excluding carboxylic acids is 2. The van der Waals surface area contributed by atoms with E-state index in [1.165, 1.54) is 5.56 Å². The highest BCUT2D eigenvalue weighted by atomic mass is 32.1. The largest absolute Gasteiger partial charge is 0.484 e. The van der Waals surface area contributed by atoms with E-state index in [1.807, 2.05) is 54.5 Å². The van der Waals surface area contributed by atoms with Gasteiger partial charge in [0.25, 0.3) is 5.91 Å². The average molecular weight is 387 g/mol. The molecule has 0 N–H and O–H groups in total. The van der Waals surface area contributed by atoms with E-state index in [-0.39, 0.29) is 18.4 Å². The van der Waals surface area contributed by atoms with Gasteiger partial charge < -0.3 is 14.5 Å². The summed E-state index contributed by atoms with van der Waals surface area (Å²) in [6.45, 7) is 6.62. The van der Waals surface area contributed by atoms with Crippen LogP contribution in [0.25, 0.3) is 0 Å². The first-order valence-corrected chi connectivity index (χ1v) is 10.2. The zero-order valence-electron chi connectivity index (χ0n) is 15.9. The van der Waals surface area contributed by atoms with Gasteiger partial charge in [-0.3, -0.25) is 9.59 Å². The second-order valence-corrected chi connectivity index (χ2v) is 7.94. The Bertz CT molecular complexity index is 789. The quantitative estimate of drug-likeness (QED) is 0.794. The van der Waals surface area contributed by atoms with Gasteiger partial charge in [-0.25, -0.2) is 0 Å². The fraction of sp³-hybridized carbons (Fsp3) is 0.429. The molecule has 0 radical (unpaired) electrons. The highest BCUT2D eigenvalue weighted by molar-refractivity contribution is 7.10. The number of hydrogen-bond donors (Lipinski definition) is 0. The third-order valence-electron chi connectivity index (χ3n) is 4.95. The molecule has 1 fully saturated rings. The van der Waals surface area contributed by atoms with Gasteiger partial charge >= 0.3 is 0 Å². The smallest absolute Gasteiger partial charge is 0.260 e. The summed E-state index contributed by atoms with van der Waals surface area (Å²) in [6.07, 6.45) is 1.24. The highest BCUT2D eigenvalue weighted by Crippen LogP contribution is 2.17. The Morgan fingerprint density at radius 3 is 2.41 bits per heavy atom. The fourth-order valence-electron chi connectivity index (χ4n) is 3.13. The molecule has 5 nitrogen and oxygen atoms in total. The molecule has 2 aromatic rings. The first-order valence-electron chi connectivity index (χ1n) is 9.31. The molecule has 3 rings (SSSR count). The van der Waals surface area contributed by atoms with Crippen molar-refractivity contribution in [3.8, 4) is 5.75 Å². The van der Waals surface area contributed by atoms with Crippen LogP contribution in [0.4, 0.5) is 0 Å². The lowest BCUT2D eigenvalue weighted by Gasteiger charge is -2.22. The van der Waals surface area contributed by atoms with Crippen molar-refractivity contribution in [2.24, 2.45) is 0 Å². The molecule has 1 aliphatic rings. The molecule has 1 saturated heterocycles. The molecule has 27 heavy (non-hydrogen) atoms. The third kappa shape index (κ3) is 5.32. The van der Waals surface area contributed by atoms with Crippen molar-refractivity contribution in [2.45, 2.75) is 26.7 Å². The second-order valence-electron chi connectivity index (χ2n) is 6.91. The van der Waals surface area contributed by atoms with Crippen LogP contribution in [0.1, 0.15) is 22.4 Å². The van der Waals surface area contributed by atoms with E-state index in [4.69, 9.17) is 4.74 Å². The first-order chi connectivity index (χ1) is 13.0. The van der Waals surface area contributed by atoms with Gasteiger partial charge in [0.1, 0.15) is 5.75 Å². The standard InChI is InChI=1S/C21H26N2O3S/c1-16-6-7-18(13-17(16)2)26-15-21(25)23-9-4-8-22(10-11-23)20(24)14-19-5-3-12-27-19/h3,5-7,12-13H,4,8-11,14-15H2,1-2H3. The predicted molar refractivity (Wildman–Crippen MR) is 107 cm³/mol. The lowest BCUT2D eigenvalue weighted by atomic mass is 10.1. The topological polar surface area (TPSA) is 49.9 Å². The van der Waals surface area contributed by atoms with Gasteiger partial charge in [0.05, 0.1) is 6.42 Å². The maximum absolute atomic E-state index is 12.5. The summed E-state index contributed by atoms with van der Waals surface area (Å²) < 4.78 is 5.67. The molecule has 0 atom stereocenters. The van der Waals surface area contributed by atoms with Crippen LogP contribution in [0.3, 0.4) is 0 Å². The third-order valence-corrected chi connectivity index (χ3v) is 5.82. The van der Waals surface area contributed by atoms with E-state index in [9.17, 15) is 9.59 Å². The van der Waals surface area contributed by atoms with Crippen molar-refractivity contribution in [3.63, 3.8) is 0 Å². The predicted octanol–water partition coefficient (Wildman–Crippen LogP) is 3.05. The minimum atomic E-state index is -0.0271. The van der Waals surface area contributed by atoms with Crippen molar-refractivity contribution in [3.05, 3.63) is 51.7 Å². The SMILES string of the molecule is Cc1ccc(OCC(=O)N2CCCN(C(=O)Cc3cccs3)CC2)cc1C. The van der Waals surface area contributed by atoms with Crippen LogP contribution in [-0.2, 0) is 16.0 Å². The number of thiophene rings is 1. The number of hydrogen-bond acceptors (Lipinski definition) is 4. The Morgan fingerprint density at radius 1 is 1.00 bits per heavy atom. The van der Waals surface area contributed by atoms with Crippen molar-refractivity contribution >= 4 is 23.2 Å². The van der Waals surface area contributed by atoms with Gasteiger partial charge in [0, 0.05) is 31.1 Å². The van der Waals surface area contributed by atoms with Crippen LogP contribution in [0, 0.1) is 13.8 Å². The minimum absolute atomic E-state index is 0.0271. The Balaban J connectivity index is 1.48. The van der Waals surface area contributed by atoms with Crippen molar-refractivity contribution in [1.82, 2.24) is 9.80 Å². The van der Waals surface area contributed by atoms with Gasteiger partial charge in [-0.2, -0.15) is 0 Å². The van der Waals surface area contributed by atoms with Gasteiger partial charge in [-0.1, -0.05) is 12.1 Å². The molecule has 2 heterocycles. The van der Waals surface area contributed by atoms with Crippen molar-refractivity contribution in [1.29, 1.82) is 0 Å². The summed E-state index contributed by atoms with van der Waals surface area (Å²) >= 11 is 1.60. The molecule has 1 aliphatic heterocycles.